The van der Waals surface area contributed by atoms with Crippen molar-refractivity contribution in [2.75, 3.05) is 13.2 Å². The van der Waals surface area contributed by atoms with Gasteiger partial charge in [-0.1, -0.05) is 6.42 Å². The fraction of sp³-hybridized carbons (Fsp3) is 0.588. The quantitative estimate of drug-likeness (QED) is 0.816. The maximum atomic E-state index is 10.8. The lowest BCUT2D eigenvalue weighted by molar-refractivity contribution is 0.0697. The average molecular weight is 291 g/mol. The average Bonchev–Trinajstić information content (AvgIpc) is 2.46. The number of rotatable bonds is 6. The van der Waals surface area contributed by atoms with Crippen LogP contribution >= 0.6 is 0 Å². The van der Waals surface area contributed by atoms with Gasteiger partial charge in [-0.3, -0.25) is 4.90 Å². The Bertz CT molecular complexity index is 448. The van der Waals surface area contributed by atoms with Gasteiger partial charge in [-0.15, -0.1) is 0 Å². The maximum Gasteiger partial charge on any atom is 0.335 e. The summed E-state index contributed by atoms with van der Waals surface area (Å²) >= 11 is 0. The number of carboxylic acid groups (broad SMARTS) is 1. The van der Waals surface area contributed by atoms with Crippen molar-refractivity contribution in [3.8, 4) is 5.75 Å². The van der Waals surface area contributed by atoms with Gasteiger partial charge in [-0.05, 0) is 57.4 Å². The van der Waals surface area contributed by atoms with E-state index >= 15 is 0 Å². The van der Waals surface area contributed by atoms with E-state index in [4.69, 9.17) is 9.84 Å². The number of piperidine rings is 1. The summed E-state index contributed by atoms with van der Waals surface area (Å²) in [7, 11) is 0. The molecular formula is C17H25NO3. The summed E-state index contributed by atoms with van der Waals surface area (Å²) in [4.78, 5) is 13.3. The molecule has 0 aromatic heterocycles. The molecule has 0 spiro atoms. The smallest absolute Gasteiger partial charge is 0.335 e. The van der Waals surface area contributed by atoms with Gasteiger partial charge >= 0.3 is 5.97 Å². The summed E-state index contributed by atoms with van der Waals surface area (Å²) in [5, 5.41) is 8.84. The highest BCUT2D eigenvalue weighted by Gasteiger charge is 2.23. The van der Waals surface area contributed by atoms with Gasteiger partial charge in [-0.2, -0.15) is 0 Å². The van der Waals surface area contributed by atoms with Gasteiger partial charge in [0.05, 0.1) is 12.2 Å². The summed E-state index contributed by atoms with van der Waals surface area (Å²) in [6, 6.07) is 7.93. The molecule has 2 atom stereocenters. The molecule has 0 bridgehead atoms. The fourth-order valence-corrected chi connectivity index (χ4v) is 3.05. The molecule has 0 radical (unpaired) electrons. The molecule has 4 nitrogen and oxygen atoms in total. The van der Waals surface area contributed by atoms with Gasteiger partial charge in [0.2, 0.25) is 0 Å². The number of aromatic carboxylic acids is 1. The molecular weight excluding hydrogens is 266 g/mol. The number of benzene rings is 1. The zero-order valence-electron chi connectivity index (χ0n) is 12.9. The molecule has 0 saturated carbocycles. The third-order valence-corrected chi connectivity index (χ3v) is 4.31. The zero-order chi connectivity index (χ0) is 15.2. The first kappa shape index (κ1) is 15.8. The first-order valence-electron chi connectivity index (χ1n) is 7.80. The van der Waals surface area contributed by atoms with Crippen LogP contribution in [0.25, 0.3) is 0 Å². The van der Waals surface area contributed by atoms with Gasteiger partial charge in [0.25, 0.3) is 0 Å². The van der Waals surface area contributed by atoms with Crippen LogP contribution in [0, 0.1) is 0 Å². The normalized spacial score (nSPS) is 23.0. The summed E-state index contributed by atoms with van der Waals surface area (Å²) < 4.78 is 5.68. The van der Waals surface area contributed by atoms with Crippen molar-refractivity contribution in [1.29, 1.82) is 0 Å². The van der Waals surface area contributed by atoms with Crippen LogP contribution < -0.4 is 4.74 Å². The second-order valence-corrected chi connectivity index (χ2v) is 5.90. The largest absolute Gasteiger partial charge is 0.494 e. The molecule has 1 fully saturated rings. The van der Waals surface area contributed by atoms with Crippen molar-refractivity contribution in [3.05, 3.63) is 29.8 Å². The van der Waals surface area contributed by atoms with Crippen LogP contribution in [0.15, 0.2) is 24.3 Å². The van der Waals surface area contributed by atoms with Crippen molar-refractivity contribution in [3.63, 3.8) is 0 Å². The van der Waals surface area contributed by atoms with Crippen LogP contribution in [-0.2, 0) is 0 Å². The van der Waals surface area contributed by atoms with Crippen molar-refractivity contribution in [2.24, 2.45) is 0 Å². The Hall–Kier alpha value is -1.55. The van der Waals surface area contributed by atoms with Gasteiger partial charge in [0.15, 0.2) is 0 Å². The molecule has 1 aliphatic heterocycles. The zero-order valence-corrected chi connectivity index (χ0v) is 12.9. The molecule has 0 aliphatic carbocycles. The molecule has 1 saturated heterocycles. The molecule has 0 amide bonds. The molecule has 1 heterocycles. The Morgan fingerprint density at radius 2 is 1.86 bits per heavy atom. The third-order valence-electron chi connectivity index (χ3n) is 4.31. The number of carboxylic acids is 1. The van der Waals surface area contributed by atoms with Crippen LogP contribution in [0.1, 0.15) is 49.9 Å². The molecule has 21 heavy (non-hydrogen) atoms. The van der Waals surface area contributed by atoms with Crippen LogP contribution in [0.4, 0.5) is 0 Å². The van der Waals surface area contributed by atoms with E-state index in [1.54, 1.807) is 24.3 Å². The maximum absolute atomic E-state index is 10.8. The van der Waals surface area contributed by atoms with E-state index in [1.807, 2.05) is 0 Å². The lowest BCUT2D eigenvalue weighted by atomic mass is 9.97. The SMILES string of the molecule is CC1CCCC(C)N1CCCOc1ccc(C(=O)O)cc1. The highest BCUT2D eigenvalue weighted by molar-refractivity contribution is 5.87. The Morgan fingerprint density at radius 3 is 2.43 bits per heavy atom. The van der Waals surface area contributed by atoms with Crippen molar-refractivity contribution in [1.82, 2.24) is 4.90 Å². The monoisotopic (exact) mass is 291 g/mol. The topological polar surface area (TPSA) is 49.8 Å². The Balaban J connectivity index is 1.73. The minimum Gasteiger partial charge on any atom is -0.494 e. The van der Waals surface area contributed by atoms with E-state index in [0.717, 1.165) is 18.7 Å². The first-order chi connectivity index (χ1) is 10.1. The molecule has 2 unspecified atom stereocenters. The molecule has 1 aromatic carbocycles. The second-order valence-electron chi connectivity index (χ2n) is 5.90. The molecule has 1 aliphatic rings. The van der Waals surface area contributed by atoms with Crippen LogP contribution in [0.2, 0.25) is 0 Å². The predicted molar refractivity (Wildman–Crippen MR) is 83.0 cm³/mol. The van der Waals surface area contributed by atoms with Gasteiger partial charge < -0.3 is 9.84 Å². The number of nitrogens with zero attached hydrogens (tertiary/aromatic N) is 1. The number of hydrogen-bond donors (Lipinski definition) is 1. The third kappa shape index (κ3) is 4.46. The molecule has 116 valence electrons. The molecule has 1 N–H and O–H groups in total. The lowest BCUT2D eigenvalue weighted by Gasteiger charge is -2.39. The fourth-order valence-electron chi connectivity index (χ4n) is 3.05. The minimum atomic E-state index is -0.908. The summed E-state index contributed by atoms with van der Waals surface area (Å²) in [5.41, 5.74) is 0.290. The minimum absolute atomic E-state index is 0.290. The number of hydrogen-bond acceptors (Lipinski definition) is 3. The standard InChI is InChI=1S/C17H25NO3/c1-13-5-3-6-14(2)18(13)11-4-12-21-16-9-7-15(8-10-16)17(19)20/h7-10,13-14H,3-6,11-12H2,1-2H3,(H,19,20). The Labute approximate surface area is 126 Å². The highest BCUT2D eigenvalue weighted by Crippen LogP contribution is 2.22. The van der Waals surface area contributed by atoms with Gasteiger partial charge in [-0.25, -0.2) is 4.79 Å². The lowest BCUT2D eigenvalue weighted by Crippen LogP contribution is -2.44. The van der Waals surface area contributed by atoms with E-state index in [1.165, 1.54) is 19.3 Å². The predicted octanol–water partition coefficient (Wildman–Crippen LogP) is 3.42. The number of likely N-dealkylation sites (tertiary alicyclic amines) is 1. The first-order valence-corrected chi connectivity index (χ1v) is 7.80. The van der Waals surface area contributed by atoms with Gasteiger partial charge in [0.1, 0.15) is 5.75 Å². The summed E-state index contributed by atoms with van der Waals surface area (Å²) in [5.74, 6) is -0.172. The van der Waals surface area contributed by atoms with Crippen LogP contribution in [0.5, 0.6) is 5.75 Å². The van der Waals surface area contributed by atoms with E-state index in [-0.39, 0.29) is 0 Å². The van der Waals surface area contributed by atoms with Gasteiger partial charge in [0, 0.05) is 18.6 Å². The van der Waals surface area contributed by atoms with E-state index in [0.29, 0.717) is 24.3 Å². The summed E-state index contributed by atoms with van der Waals surface area (Å²) in [6.07, 6.45) is 4.92. The van der Waals surface area contributed by atoms with Crippen LogP contribution in [-0.4, -0.2) is 41.2 Å². The molecule has 4 heteroatoms. The summed E-state index contributed by atoms with van der Waals surface area (Å²) in [6.45, 7) is 6.35. The van der Waals surface area contributed by atoms with E-state index < -0.39 is 5.97 Å². The van der Waals surface area contributed by atoms with Crippen molar-refractivity contribution < 1.29 is 14.6 Å². The highest BCUT2D eigenvalue weighted by atomic mass is 16.5. The Kier molecular flexibility index (Phi) is 5.62. The number of carbonyl (C=O) groups is 1. The molecule has 2 rings (SSSR count). The van der Waals surface area contributed by atoms with Crippen molar-refractivity contribution in [2.45, 2.75) is 51.6 Å². The number of ether oxygens (including phenoxy) is 1. The second kappa shape index (κ2) is 7.46. The Morgan fingerprint density at radius 1 is 1.24 bits per heavy atom. The molecule has 1 aromatic rings. The van der Waals surface area contributed by atoms with Crippen molar-refractivity contribution >= 4 is 5.97 Å². The van der Waals surface area contributed by atoms with E-state index in [9.17, 15) is 4.79 Å². The van der Waals surface area contributed by atoms with Crippen LogP contribution in [0.3, 0.4) is 0 Å². The van der Waals surface area contributed by atoms with E-state index in [2.05, 4.69) is 18.7 Å².